The van der Waals surface area contributed by atoms with Crippen molar-refractivity contribution in [2.45, 2.75) is 26.9 Å². The number of aryl methyl sites for hydroxylation is 1. The van der Waals surface area contributed by atoms with E-state index in [-0.39, 0.29) is 5.91 Å². The van der Waals surface area contributed by atoms with Crippen LogP contribution in [-0.2, 0) is 17.9 Å². The van der Waals surface area contributed by atoms with Gasteiger partial charge in [-0.1, -0.05) is 12.1 Å². The van der Waals surface area contributed by atoms with Crippen LogP contribution < -0.4 is 10.6 Å². The molecule has 1 aromatic carbocycles. The van der Waals surface area contributed by atoms with Crippen LogP contribution in [0.1, 0.15) is 22.4 Å². The van der Waals surface area contributed by atoms with Gasteiger partial charge in [0, 0.05) is 36.8 Å². The number of nitrogens with zero attached hydrogens (tertiary/aromatic N) is 1. The minimum Gasteiger partial charge on any atom is -0.326 e. The summed E-state index contributed by atoms with van der Waals surface area (Å²) in [4.78, 5) is 16.4. The van der Waals surface area contributed by atoms with Gasteiger partial charge in [0.05, 0.1) is 5.01 Å². The second kappa shape index (κ2) is 6.45. The third-order valence-corrected chi connectivity index (χ3v) is 3.48. The summed E-state index contributed by atoms with van der Waals surface area (Å²) in [6.07, 6.45) is 1.91. The molecule has 0 radical (unpaired) electrons. The van der Waals surface area contributed by atoms with E-state index in [1.54, 1.807) is 11.3 Å². The number of aromatic nitrogens is 1. The predicted octanol–water partition coefficient (Wildman–Crippen LogP) is 2.70. The number of nitrogens with one attached hydrogen (secondary N) is 2. The molecule has 0 aliphatic rings. The Labute approximate surface area is 116 Å². The minimum absolute atomic E-state index is 0.0496. The van der Waals surface area contributed by atoms with Gasteiger partial charge in [-0.05, 0) is 24.6 Å². The number of rotatable bonds is 5. The molecule has 19 heavy (non-hydrogen) atoms. The molecule has 0 unspecified atom stereocenters. The highest BCUT2D eigenvalue weighted by atomic mass is 32.1. The molecule has 1 heterocycles. The maximum atomic E-state index is 10.9. The maximum absolute atomic E-state index is 10.9. The highest BCUT2D eigenvalue weighted by Crippen LogP contribution is 2.12. The minimum atomic E-state index is -0.0496. The molecule has 2 N–H and O–H groups in total. The van der Waals surface area contributed by atoms with E-state index in [0.717, 1.165) is 23.8 Å². The van der Waals surface area contributed by atoms with E-state index in [0.29, 0.717) is 0 Å². The number of hydrogen-bond donors (Lipinski definition) is 2. The molecule has 0 saturated carbocycles. The van der Waals surface area contributed by atoms with Crippen LogP contribution in [0.15, 0.2) is 30.5 Å². The first-order chi connectivity index (χ1) is 9.13. The number of benzene rings is 1. The predicted molar refractivity (Wildman–Crippen MR) is 78.1 cm³/mol. The Bertz CT molecular complexity index is 548. The fourth-order valence-corrected chi connectivity index (χ4v) is 2.49. The Morgan fingerprint density at radius 3 is 2.58 bits per heavy atom. The van der Waals surface area contributed by atoms with Gasteiger partial charge >= 0.3 is 0 Å². The van der Waals surface area contributed by atoms with E-state index in [1.165, 1.54) is 17.4 Å². The molecule has 0 aliphatic carbocycles. The van der Waals surface area contributed by atoms with Crippen molar-refractivity contribution in [3.05, 3.63) is 45.9 Å². The second-order valence-corrected chi connectivity index (χ2v) is 5.65. The van der Waals surface area contributed by atoms with Crippen molar-refractivity contribution < 1.29 is 4.79 Å². The summed E-state index contributed by atoms with van der Waals surface area (Å²) in [5.41, 5.74) is 2.02. The van der Waals surface area contributed by atoms with Crippen LogP contribution in [0.5, 0.6) is 0 Å². The van der Waals surface area contributed by atoms with Gasteiger partial charge in [-0.3, -0.25) is 4.79 Å². The van der Waals surface area contributed by atoms with Crippen molar-refractivity contribution >= 4 is 22.9 Å². The Balaban J connectivity index is 1.81. The van der Waals surface area contributed by atoms with Crippen LogP contribution in [0.3, 0.4) is 0 Å². The fraction of sp³-hybridized carbons (Fsp3) is 0.286. The van der Waals surface area contributed by atoms with Gasteiger partial charge in [0.25, 0.3) is 0 Å². The summed E-state index contributed by atoms with van der Waals surface area (Å²) in [7, 11) is 0. The Hall–Kier alpha value is -1.72. The zero-order chi connectivity index (χ0) is 13.7. The first kappa shape index (κ1) is 13.7. The summed E-state index contributed by atoms with van der Waals surface area (Å²) < 4.78 is 0. The molecule has 0 spiro atoms. The Kier molecular flexibility index (Phi) is 4.65. The van der Waals surface area contributed by atoms with Crippen LogP contribution in [0.2, 0.25) is 0 Å². The van der Waals surface area contributed by atoms with E-state index in [4.69, 9.17) is 0 Å². The Morgan fingerprint density at radius 2 is 2.00 bits per heavy atom. The molecule has 4 nitrogen and oxygen atoms in total. The molecular weight excluding hydrogens is 258 g/mol. The molecular formula is C14H17N3OS. The van der Waals surface area contributed by atoms with Crippen LogP contribution in [0, 0.1) is 6.92 Å². The highest BCUT2D eigenvalue weighted by Gasteiger charge is 1.99. The average Bonchev–Trinajstić information content (AvgIpc) is 2.77. The van der Waals surface area contributed by atoms with Crippen molar-refractivity contribution in [2.24, 2.45) is 0 Å². The van der Waals surface area contributed by atoms with Gasteiger partial charge in [0.15, 0.2) is 0 Å². The van der Waals surface area contributed by atoms with E-state index in [1.807, 2.05) is 37.4 Å². The van der Waals surface area contributed by atoms with Gasteiger partial charge < -0.3 is 10.6 Å². The molecule has 0 fully saturated rings. The number of hydrogen-bond acceptors (Lipinski definition) is 4. The lowest BCUT2D eigenvalue weighted by molar-refractivity contribution is -0.114. The summed E-state index contributed by atoms with van der Waals surface area (Å²) in [6.45, 7) is 5.15. The molecule has 0 atom stereocenters. The van der Waals surface area contributed by atoms with Crippen LogP contribution in [-0.4, -0.2) is 10.9 Å². The number of thiazole rings is 1. The topological polar surface area (TPSA) is 54.0 Å². The lowest BCUT2D eigenvalue weighted by Gasteiger charge is -2.05. The summed E-state index contributed by atoms with van der Waals surface area (Å²) >= 11 is 1.71. The lowest BCUT2D eigenvalue weighted by Crippen LogP contribution is -2.12. The first-order valence-electron chi connectivity index (χ1n) is 6.12. The molecule has 0 saturated heterocycles. The molecule has 2 aromatic rings. The number of carbonyl (C=O) groups is 1. The zero-order valence-electron chi connectivity index (χ0n) is 11.1. The van der Waals surface area contributed by atoms with E-state index in [2.05, 4.69) is 15.6 Å². The van der Waals surface area contributed by atoms with Crippen LogP contribution in [0.4, 0.5) is 5.69 Å². The quantitative estimate of drug-likeness (QED) is 0.882. The van der Waals surface area contributed by atoms with Crippen molar-refractivity contribution in [3.63, 3.8) is 0 Å². The van der Waals surface area contributed by atoms with E-state index >= 15 is 0 Å². The van der Waals surface area contributed by atoms with E-state index in [9.17, 15) is 4.79 Å². The number of carbonyl (C=O) groups excluding carboxylic acids is 1. The highest BCUT2D eigenvalue weighted by molar-refractivity contribution is 7.11. The molecule has 1 amide bonds. The molecule has 1 aromatic heterocycles. The smallest absolute Gasteiger partial charge is 0.221 e. The molecule has 100 valence electrons. The molecule has 0 bridgehead atoms. The van der Waals surface area contributed by atoms with Crippen LogP contribution >= 0.6 is 11.3 Å². The van der Waals surface area contributed by atoms with Crippen molar-refractivity contribution in [1.82, 2.24) is 10.3 Å². The number of amides is 1. The molecule has 0 aliphatic heterocycles. The average molecular weight is 275 g/mol. The largest absolute Gasteiger partial charge is 0.326 e. The second-order valence-electron chi connectivity index (χ2n) is 4.33. The maximum Gasteiger partial charge on any atom is 0.221 e. The summed E-state index contributed by atoms with van der Waals surface area (Å²) in [5.74, 6) is -0.0496. The molecule has 2 rings (SSSR count). The SMILES string of the molecule is CC(=O)Nc1ccc(CNCc2cnc(C)s2)cc1. The third-order valence-electron chi connectivity index (χ3n) is 2.57. The van der Waals surface area contributed by atoms with Crippen molar-refractivity contribution in [2.75, 3.05) is 5.32 Å². The normalized spacial score (nSPS) is 10.4. The van der Waals surface area contributed by atoms with Crippen LogP contribution in [0.25, 0.3) is 0 Å². The monoisotopic (exact) mass is 275 g/mol. The van der Waals surface area contributed by atoms with E-state index < -0.39 is 0 Å². The zero-order valence-corrected chi connectivity index (χ0v) is 11.9. The van der Waals surface area contributed by atoms with Gasteiger partial charge in [0.2, 0.25) is 5.91 Å². The third kappa shape index (κ3) is 4.46. The molecule has 5 heteroatoms. The summed E-state index contributed by atoms with van der Waals surface area (Å²) in [5, 5.41) is 7.22. The fourth-order valence-electron chi connectivity index (χ4n) is 1.73. The Morgan fingerprint density at radius 1 is 1.26 bits per heavy atom. The van der Waals surface area contributed by atoms with Crippen molar-refractivity contribution in [1.29, 1.82) is 0 Å². The standard InChI is InChI=1S/C14H17N3OS/c1-10(18)17-13-5-3-12(4-6-13)7-15-8-14-9-16-11(2)19-14/h3-6,9,15H,7-8H2,1-2H3,(H,17,18). The first-order valence-corrected chi connectivity index (χ1v) is 6.93. The van der Waals surface area contributed by atoms with Gasteiger partial charge in [-0.25, -0.2) is 4.98 Å². The number of anilines is 1. The lowest BCUT2D eigenvalue weighted by atomic mass is 10.2. The van der Waals surface area contributed by atoms with Gasteiger partial charge in [0.1, 0.15) is 0 Å². The van der Waals surface area contributed by atoms with Gasteiger partial charge in [-0.2, -0.15) is 0 Å². The van der Waals surface area contributed by atoms with Gasteiger partial charge in [-0.15, -0.1) is 11.3 Å². The summed E-state index contributed by atoms with van der Waals surface area (Å²) in [6, 6.07) is 7.84. The van der Waals surface area contributed by atoms with Crippen molar-refractivity contribution in [3.8, 4) is 0 Å².